The maximum atomic E-state index is 12.2. The Hall–Kier alpha value is -0.570. The number of hydrogen-bond donors (Lipinski definition) is 1. The highest BCUT2D eigenvalue weighted by molar-refractivity contribution is 5.76. The zero-order valence-electron chi connectivity index (χ0n) is 11.6. The number of hydrogen-bond acceptors (Lipinski definition) is 2. The monoisotopic (exact) mass is 252 g/mol. The lowest BCUT2D eigenvalue weighted by atomic mass is 10.1. The fraction of sp³-hybridized carbons (Fsp3) is 0.933. The molecule has 0 saturated heterocycles. The number of carbonyl (C=O) groups is 1. The van der Waals surface area contributed by atoms with Crippen molar-refractivity contribution in [2.24, 2.45) is 17.6 Å². The summed E-state index contributed by atoms with van der Waals surface area (Å²) in [4.78, 5) is 14.4. The third-order valence-corrected chi connectivity index (χ3v) is 4.05. The first-order valence-electron chi connectivity index (χ1n) is 7.77. The van der Waals surface area contributed by atoms with Crippen LogP contribution in [0.2, 0.25) is 0 Å². The molecule has 2 rings (SSSR count). The molecule has 0 atom stereocenters. The fourth-order valence-electron chi connectivity index (χ4n) is 2.43. The summed E-state index contributed by atoms with van der Waals surface area (Å²) in [5.41, 5.74) is 5.47. The number of nitrogens with two attached hydrogens (primary N) is 1. The van der Waals surface area contributed by atoms with Gasteiger partial charge in [-0.3, -0.25) is 4.79 Å². The van der Waals surface area contributed by atoms with Gasteiger partial charge in [0.2, 0.25) is 5.91 Å². The van der Waals surface area contributed by atoms with Crippen molar-refractivity contribution in [3.05, 3.63) is 0 Å². The Bertz CT molecular complexity index is 245. The summed E-state index contributed by atoms with van der Waals surface area (Å²) >= 11 is 0. The predicted molar refractivity (Wildman–Crippen MR) is 74.2 cm³/mol. The molecule has 0 heterocycles. The molecule has 0 radical (unpaired) electrons. The lowest BCUT2D eigenvalue weighted by Gasteiger charge is -2.22. The summed E-state index contributed by atoms with van der Waals surface area (Å²) in [7, 11) is 0. The third-order valence-electron chi connectivity index (χ3n) is 4.05. The van der Waals surface area contributed by atoms with Crippen molar-refractivity contribution in [2.45, 2.75) is 57.8 Å². The van der Waals surface area contributed by atoms with Gasteiger partial charge in [0.25, 0.3) is 0 Å². The molecule has 2 N–H and O–H groups in total. The number of rotatable bonds is 10. The van der Waals surface area contributed by atoms with Crippen LogP contribution in [0.4, 0.5) is 0 Å². The highest BCUT2D eigenvalue weighted by atomic mass is 16.2. The second kappa shape index (κ2) is 7.13. The van der Waals surface area contributed by atoms with E-state index >= 15 is 0 Å². The minimum Gasteiger partial charge on any atom is -0.342 e. The Morgan fingerprint density at radius 3 is 2.00 bits per heavy atom. The average molecular weight is 252 g/mol. The number of amides is 1. The van der Waals surface area contributed by atoms with Crippen molar-refractivity contribution in [1.82, 2.24) is 4.90 Å². The summed E-state index contributed by atoms with van der Waals surface area (Å²) in [5.74, 6) is 2.05. The van der Waals surface area contributed by atoms with E-state index in [1.165, 1.54) is 32.1 Å². The third kappa shape index (κ3) is 5.38. The van der Waals surface area contributed by atoms with E-state index in [0.717, 1.165) is 57.2 Å². The lowest BCUT2D eigenvalue weighted by molar-refractivity contribution is -0.131. The summed E-state index contributed by atoms with van der Waals surface area (Å²) in [6.45, 7) is 2.86. The Balaban J connectivity index is 1.62. The molecule has 0 aliphatic heterocycles. The van der Waals surface area contributed by atoms with E-state index in [1.807, 2.05) is 0 Å². The zero-order chi connectivity index (χ0) is 12.8. The highest BCUT2D eigenvalue weighted by Gasteiger charge is 2.31. The van der Waals surface area contributed by atoms with Crippen LogP contribution in [0, 0.1) is 11.8 Å². The van der Waals surface area contributed by atoms with Gasteiger partial charge in [0.1, 0.15) is 0 Å². The van der Waals surface area contributed by atoms with Crippen LogP contribution in [-0.2, 0) is 4.79 Å². The van der Waals surface area contributed by atoms with Gasteiger partial charge in [-0.2, -0.15) is 0 Å². The van der Waals surface area contributed by atoms with E-state index in [-0.39, 0.29) is 0 Å². The fourth-order valence-corrected chi connectivity index (χ4v) is 2.43. The topological polar surface area (TPSA) is 46.3 Å². The molecule has 0 aromatic rings. The van der Waals surface area contributed by atoms with Crippen molar-refractivity contribution in [2.75, 3.05) is 19.6 Å². The zero-order valence-corrected chi connectivity index (χ0v) is 11.6. The molecule has 0 spiro atoms. The van der Waals surface area contributed by atoms with Crippen molar-refractivity contribution in [3.8, 4) is 0 Å². The second-order valence-corrected chi connectivity index (χ2v) is 6.14. The Morgan fingerprint density at radius 1 is 0.944 bits per heavy atom. The van der Waals surface area contributed by atoms with E-state index in [4.69, 9.17) is 5.73 Å². The molecule has 18 heavy (non-hydrogen) atoms. The summed E-state index contributed by atoms with van der Waals surface area (Å²) in [6, 6.07) is 0. The predicted octanol–water partition coefficient (Wildman–Crippen LogP) is 2.54. The number of unbranched alkanes of at least 4 members (excludes halogenated alkanes) is 3. The van der Waals surface area contributed by atoms with Gasteiger partial charge in [-0.05, 0) is 56.9 Å². The molecule has 0 aromatic heterocycles. The van der Waals surface area contributed by atoms with E-state index in [1.54, 1.807) is 0 Å². The van der Waals surface area contributed by atoms with Crippen LogP contribution in [0.25, 0.3) is 0 Å². The van der Waals surface area contributed by atoms with Gasteiger partial charge in [0.15, 0.2) is 0 Å². The molecule has 2 aliphatic rings. The molecule has 2 fully saturated rings. The SMILES string of the molecule is NCCCCCCC(=O)N(CC1CC1)CC1CC1. The van der Waals surface area contributed by atoms with Gasteiger partial charge in [-0.1, -0.05) is 12.8 Å². The summed E-state index contributed by atoms with van der Waals surface area (Å²) in [6.07, 6.45) is 10.6. The van der Waals surface area contributed by atoms with Gasteiger partial charge in [-0.15, -0.1) is 0 Å². The van der Waals surface area contributed by atoms with Crippen LogP contribution in [0.1, 0.15) is 57.8 Å². The molecule has 0 bridgehead atoms. The minimum absolute atomic E-state index is 0.404. The molecular weight excluding hydrogens is 224 g/mol. The number of carbonyl (C=O) groups excluding carboxylic acids is 1. The largest absolute Gasteiger partial charge is 0.342 e. The van der Waals surface area contributed by atoms with Crippen LogP contribution in [0.3, 0.4) is 0 Å². The van der Waals surface area contributed by atoms with Crippen LogP contribution in [0.5, 0.6) is 0 Å². The minimum atomic E-state index is 0.404. The first kappa shape index (κ1) is 13.9. The van der Waals surface area contributed by atoms with Gasteiger partial charge >= 0.3 is 0 Å². The summed E-state index contributed by atoms with van der Waals surface area (Å²) in [5, 5.41) is 0. The molecule has 3 heteroatoms. The van der Waals surface area contributed by atoms with Crippen molar-refractivity contribution < 1.29 is 4.79 Å². The standard InChI is InChI=1S/C15H28N2O/c16-10-4-2-1-3-5-15(18)17(11-13-6-7-13)12-14-8-9-14/h13-14H,1-12,16H2. The summed E-state index contributed by atoms with van der Waals surface area (Å²) < 4.78 is 0. The van der Waals surface area contributed by atoms with Crippen LogP contribution < -0.4 is 5.73 Å². The molecule has 0 aromatic carbocycles. The van der Waals surface area contributed by atoms with Crippen LogP contribution in [-0.4, -0.2) is 30.4 Å². The molecule has 104 valence electrons. The van der Waals surface area contributed by atoms with Crippen LogP contribution in [0.15, 0.2) is 0 Å². The van der Waals surface area contributed by atoms with Gasteiger partial charge in [0.05, 0.1) is 0 Å². The molecular formula is C15H28N2O. The number of nitrogens with zero attached hydrogens (tertiary/aromatic N) is 1. The average Bonchev–Trinajstić information content (AvgIpc) is 3.22. The Labute approximate surface area is 111 Å². The van der Waals surface area contributed by atoms with E-state index in [9.17, 15) is 4.79 Å². The highest BCUT2D eigenvalue weighted by Crippen LogP contribution is 2.34. The van der Waals surface area contributed by atoms with Gasteiger partial charge in [-0.25, -0.2) is 0 Å². The Kier molecular flexibility index (Phi) is 5.48. The van der Waals surface area contributed by atoms with E-state index in [2.05, 4.69) is 4.90 Å². The van der Waals surface area contributed by atoms with Gasteiger partial charge in [0, 0.05) is 19.5 Å². The molecule has 2 aliphatic carbocycles. The first-order chi connectivity index (χ1) is 8.79. The van der Waals surface area contributed by atoms with Crippen molar-refractivity contribution >= 4 is 5.91 Å². The smallest absolute Gasteiger partial charge is 0.222 e. The molecule has 3 nitrogen and oxygen atoms in total. The van der Waals surface area contributed by atoms with Gasteiger partial charge < -0.3 is 10.6 Å². The maximum Gasteiger partial charge on any atom is 0.222 e. The first-order valence-corrected chi connectivity index (χ1v) is 7.77. The Morgan fingerprint density at radius 2 is 1.50 bits per heavy atom. The van der Waals surface area contributed by atoms with E-state index < -0.39 is 0 Å². The molecule has 0 unspecified atom stereocenters. The van der Waals surface area contributed by atoms with E-state index in [0.29, 0.717) is 5.91 Å². The molecule has 1 amide bonds. The van der Waals surface area contributed by atoms with Crippen molar-refractivity contribution in [3.63, 3.8) is 0 Å². The van der Waals surface area contributed by atoms with Crippen LogP contribution >= 0.6 is 0 Å². The normalized spacial score (nSPS) is 18.9. The lowest BCUT2D eigenvalue weighted by Crippen LogP contribution is -2.34. The maximum absolute atomic E-state index is 12.2. The quantitative estimate of drug-likeness (QED) is 0.607. The molecule has 2 saturated carbocycles. The second-order valence-electron chi connectivity index (χ2n) is 6.14. The van der Waals surface area contributed by atoms with Crippen molar-refractivity contribution in [1.29, 1.82) is 0 Å².